The third kappa shape index (κ3) is 13.1. The molecule has 126 valence electrons. The Kier molecular flexibility index (Phi) is 14.4. The zero-order valence-corrected chi connectivity index (χ0v) is 15.3. The molecule has 0 amide bonds. The fourth-order valence-corrected chi connectivity index (χ4v) is 3.15. The summed E-state index contributed by atoms with van der Waals surface area (Å²) in [5.41, 5.74) is 0. The van der Waals surface area contributed by atoms with Crippen molar-refractivity contribution in [2.24, 2.45) is 0 Å². The van der Waals surface area contributed by atoms with Gasteiger partial charge in [-0.1, -0.05) is 71.8 Å². The van der Waals surface area contributed by atoms with Gasteiger partial charge < -0.3 is 4.48 Å². The number of quaternary nitrogens is 1. The van der Waals surface area contributed by atoms with E-state index in [0.29, 0.717) is 0 Å². The van der Waals surface area contributed by atoms with Gasteiger partial charge in [0.2, 0.25) is 0 Å². The number of hydrogen-bond acceptors (Lipinski definition) is 0. The Balaban J connectivity index is 3.75. The molecule has 0 unspecified atom stereocenters. The van der Waals surface area contributed by atoms with Crippen LogP contribution in [0.3, 0.4) is 0 Å². The molecular weight excluding hydrogens is 254 g/mol. The van der Waals surface area contributed by atoms with Gasteiger partial charge in [-0.3, -0.25) is 0 Å². The maximum absolute atomic E-state index is 3.97. The second-order valence-electron chi connectivity index (χ2n) is 7.07. The molecule has 0 fully saturated rings. The largest absolute Gasteiger partial charge is 0.323 e. The van der Waals surface area contributed by atoms with Crippen molar-refractivity contribution >= 4 is 0 Å². The minimum Gasteiger partial charge on any atom is -0.323 e. The van der Waals surface area contributed by atoms with E-state index in [2.05, 4.69) is 33.6 Å². The zero-order chi connectivity index (χ0) is 15.8. The molecule has 21 heavy (non-hydrogen) atoms. The SMILES string of the molecule is C=CC[N+](C)(CCCCCCCC)CCCCCCCC. The fourth-order valence-electron chi connectivity index (χ4n) is 3.15. The van der Waals surface area contributed by atoms with Gasteiger partial charge in [0.05, 0.1) is 26.7 Å². The second-order valence-corrected chi connectivity index (χ2v) is 7.07. The number of likely N-dealkylation sites (N-methyl/N-ethyl adjacent to an activating group) is 1. The summed E-state index contributed by atoms with van der Waals surface area (Å²) >= 11 is 0. The molecule has 1 heteroatoms. The Morgan fingerprint density at radius 2 is 1.05 bits per heavy atom. The molecule has 0 aliphatic heterocycles. The number of rotatable bonds is 16. The predicted octanol–water partition coefficient (Wildman–Crippen LogP) is 6.34. The summed E-state index contributed by atoms with van der Waals surface area (Å²) in [6.45, 7) is 12.4. The Labute approximate surface area is 135 Å². The van der Waals surface area contributed by atoms with Crippen molar-refractivity contribution in [3.63, 3.8) is 0 Å². The predicted molar refractivity (Wildman–Crippen MR) is 97.7 cm³/mol. The number of unbranched alkanes of at least 4 members (excludes halogenated alkanes) is 10. The van der Waals surface area contributed by atoms with Gasteiger partial charge in [0, 0.05) is 0 Å². The summed E-state index contributed by atoms with van der Waals surface area (Å²) in [6, 6.07) is 0. The summed E-state index contributed by atoms with van der Waals surface area (Å²) in [4.78, 5) is 0. The first-order chi connectivity index (χ1) is 10.2. The third-order valence-corrected chi connectivity index (χ3v) is 4.67. The van der Waals surface area contributed by atoms with Gasteiger partial charge in [-0.05, 0) is 31.8 Å². The first-order valence-electron chi connectivity index (χ1n) is 9.63. The Morgan fingerprint density at radius 3 is 1.43 bits per heavy atom. The topological polar surface area (TPSA) is 0 Å². The molecule has 0 radical (unpaired) electrons. The van der Waals surface area contributed by atoms with Crippen LogP contribution in [0.25, 0.3) is 0 Å². The van der Waals surface area contributed by atoms with Crippen molar-refractivity contribution in [3.05, 3.63) is 12.7 Å². The third-order valence-electron chi connectivity index (χ3n) is 4.67. The van der Waals surface area contributed by atoms with E-state index in [4.69, 9.17) is 0 Å². The molecule has 1 nitrogen and oxygen atoms in total. The van der Waals surface area contributed by atoms with Crippen LogP contribution in [0.4, 0.5) is 0 Å². The summed E-state index contributed by atoms with van der Waals surface area (Å²) < 4.78 is 1.21. The van der Waals surface area contributed by atoms with E-state index in [9.17, 15) is 0 Å². The molecule has 0 aromatic heterocycles. The highest BCUT2D eigenvalue weighted by Gasteiger charge is 2.18. The molecule has 0 aliphatic rings. The smallest absolute Gasteiger partial charge is 0.0969 e. The Morgan fingerprint density at radius 1 is 0.667 bits per heavy atom. The van der Waals surface area contributed by atoms with Crippen LogP contribution in [0.5, 0.6) is 0 Å². The molecule has 0 heterocycles. The van der Waals surface area contributed by atoms with Crippen molar-refractivity contribution in [1.82, 2.24) is 0 Å². The average molecular weight is 297 g/mol. The van der Waals surface area contributed by atoms with Crippen LogP contribution < -0.4 is 0 Å². The fraction of sp³-hybridized carbons (Fsp3) is 0.900. The lowest BCUT2D eigenvalue weighted by atomic mass is 10.1. The van der Waals surface area contributed by atoms with E-state index in [0.717, 1.165) is 6.54 Å². The minimum atomic E-state index is 1.14. The first kappa shape index (κ1) is 20.7. The molecular formula is C20H42N+. The van der Waals surface area contributed by atoms with E-state index in [1.807, 2.05) is 0 Å². The van der Waals surface area contributed by atoms with Gasteiger partial charge in [-0.25, -0.2) is 0 Å². The van der Waals surface area contributed by atoms with Crippen LogP contribution in [0.2, 0.25) is 0 Å². The molecule has 0 saturated carbocycles. The molecule has 0 spiro atoms. The zero-order valence-electron chi connectivity index (χ0n) is 15.3. The van der Waals surface area contributed by atoms with Crippen LogP contribution in [0.15, 0.2) is 12.7 Å². The molecule has 0 aromatic carbocycles. The summed E-state index contributed by atoms with van der Waals surface area (Å²) in [5.74, 6) is 0. The Bertz CT molecular complexity index is 206. The number of hydrogen-bond donors (Lipinski definition) is 0. The summed E-state index contributed by atoms with van der Waals surface area (Å²) in [7, 11) is 2.43. The minimum absolute atomic E-state index is 1.14. The van der Waals surface area contributed by atoms with E-state index < -0.39 is 0 Å². The lowest BCUT2D eigenvalue weighted by molar-refractivity contribution is -0.904. The summed E-state index contributed by atoms with van der Waals surface area (Å²) in [5, 5.41) is 0. The molecule has 0 atom stereocenters. The molecule has 0 bridgehead atoms. The van der Waals surface area contributed by atoms with E-state index in [1.54, 1.807) is 0 Å². The van der Waals surface area contributed by atoms with Gasteiger partial charge in [-0.15, -0.1) is 0 Å². The monoisotopic (exact) mass is 296 g/mol. The van der Waals surface area contributed by atoms with Crippen LogP contribution >= 0.6 is 0 Å². The van der Waals surface area contributed by atoms with Gasteiger partial charge in [-0.2, -0.15) is 0 Å². The molecule has 0 saturated heterocycles. The summed E-state index contributed by atoms with van der Waals surface area (Å²) in [6.07, 6.45) is 19.0. The van der Waals surface area contributed by atoms with E-state index in [1.165, 1.54) is 94.6 Å². The van der Waals surface area contributed by atoms with Crippen LogP contribution in [-0.2, 0) is 0 Å². The van der Waals surface area contributed by atoms with E-state index in [-0.39, 0.29) is 0 Å². The van der Waals surface area contributed by atoms with Gasteiger partial charge >= 0.3 is 0 Å². The first-order valence-corrected chi connectivity index (χ1v) is 9.63. The Hall–Kier alpha value is -0.300. The van der Waals surface area contributed by atoms with Crippen molar-refractivity contribution < 1.29 is 4.48 Å². The average Bonchev–Trinajstić information content (AvgIpc) is 2.47. The van der Waals surface area contributed by atoms with Gasteiger partial charge in [0.15, 0.2) is 0 Å². The van der Waals surface area contributed by atoms with Crippen LogP contribution in [0.1, 0.15) is 90.9 Å². The van der Waals surface area contributed by atoms with Crippen molar-refractivity contribution in [2.75, 3.05) is 26.7 Å². The standard InChI is InChI=1S/C20H42N/c1-5-8-10-12-14-16-19-21(4,18-7-3)20-17-15-13-11-9-6-2/h7H,3,5-6,8-20H2,1-2,4H3/q+1. The maximum Gasteiger partial charge on any atom is 0.0969 e. The highest BCUT2D eigenvalue weighted by molar-refractivity contribution is 4.65. The molecule has 0 aromatic rings. The van der Waals surface area contributed by atoms with Gasteiger partial charge in [0.25, 0.3) is 0 Å². The second kappa shape index (κ2) is 14.6. The molecule has 0 aliphatic carbocycles. The lowest BCUT2D eigenvalue weighted by Crippen LogP contribution is -2.45. The number of nitrogens with zero attached hydrogens (tertiary/aromatic N) is 1. The molecule has 0 N–H and O–H groups in total. The van der Waals surface area contributed by atoms with Crippen molar-refractivity contribution in [1.29, 1.82) is 0 Å². The van der Waals surface area contributed by atoms with Crippen LogP contribution in [0, 0.1) is 0 Å². The van der Waals surface area contributed by atoms with Crippen molar-refractivity contribution in [3.8, 4) is 0 Å². The highest BCUT2D eigenvalue weighted by atomic mass is 15.3. The quantitative estimate of drug-likeness (QED) is 0.177. The van der Waals surface area contributed by atoms with Gasteiger partial charge in [0.1, 0.15) is 0 Å². The van der Waals surface area contributed by atoms with Crippen molar-refractivity contribution in [2.45, 2.75) is 90.9 Å². The normalized spacial score (nSPS) is 11.8. The highest BCUT2D eigenvalue weighted by Crippen LogP contribution is 2.13. The maximum atomic E-state index is 3.97. The van der Waals surface area contributed by atoms with E-state index >= 15 is 0 Å². The lowest BCUT2D eigenvalue weighted by Gasteiger charge is -2.34. The van der Waals surface area contributed by atoms with Crippen LogP contribution in [-0.4, -0.2) is 31.2 Å². The molecule has 0 rings (SSSR count).